The van der Waals surface area contributed by atoms with E-state index >= 15 is 0 Å². The number of hydrogen-bond acceptors (Lipinski definition) is 3. The number of hydrogen-bond donors (Lipinski definition) is 2. The minimum Gasteiger partial charge on any atom is -0.481 e. The van der Waals surface area contributed by atoms with Crippen LogP contribution in [0.15, 0.2) is 24.3 Å². The molecule has 0 spiro atoms. The zero-order valence-electron chi connectivity index (χ0n) is 12.4. The summed E-state index contributed by atoms with van der Waals surface area (Å²) in [6.07, 6.45) is 0.425. The molecule has 0 bridgehead atoms. The molecule has 0 fully saturated rings. The maximum Gasteiger partial charge on any atom is 0.305 e. The zero-order chi connectivity index (χ0) is 16.0. The van der Waals surface area contributed by atoms with Gasteiger partial charge in [0.15, 0.2) is 5.60 Å². The van der Waals surface area contributed by atoms with Crippen molar-refractivity contribution < 1.29 is 19.4 Å². The van der Waals surface area contributed by atoms with E-state index in [4.69, 9.17) is 21.4 Å². The lowest BCUT2D eigenvalue weighted by Crippen LogP contribution is -2.50. The molecule has 0 heterocycles. The lowest BCUT2D eigenvalue weighted by Gasteiger charge is -2.27. The number of carbonyl (C=O) groups is 2. The van der Waals surface area contributed by atoms with Gasteiger partial charge in [-0.1, -0.05) is 18.5 Å². The highest BCUT2D eigenvalue weighted by Gasteiger charge is 2.31. The van der Waals surface area contributed by atoms with E-state index in [1.807, 2.05) is 6.92 Å². The van der Waals surface area contributed by atoms with E-state index in [0.717, 1.165) is 0 Å². The summed E-state index contributed by atoms with van der Waals surface area (Å²) in [6, 6.07) is 6.27. The van der Waals surface area contributed by atoms with Crippen molar-refractivity contribution in [2.75, 3.05) is 0 Å². The molecule has 116 valence electrons. The third kappa shape index (κ3) is 5.63. The van der Waals surface area contributed by atoms with Crippen LogP contribution in [0.25, 0.3) is 0 Å². The third-order valence-corrected chi connectivity index (χ3v) is 3.23. The third-order valence-electron chi connectivity index (χ3n) is 2.98. The van der Waals surface area contributed by atoms with Gasteiger partial charge in [-0.15, -0.1) is 0 Å². The molecule has 0 aliphatic rings. The Hall–Kier alpha value is -1.75. The number of nitrogens with one attached hydrogen (secondary N) is 1. The van der Waals surface area contributed by atoms with E-state index in [0.29, 0.717) is 17.2 Å². The molecule has 1 atom stereocenters. The Bertz CT molecular complexity index is 499. The average molecular weight is 314 g/mol. The minimum atomic E-state index is -1.11. The molecule has 0 saturated carbocycles. The number of carboxylic acid groups (broad SMARTS) is 1. The van der Waals surface area contributed by atoms with Crippen LogP contribution in [0.4, 0.5) is 0 Å². The standard InChI is InChI=1S/C15H20ClNO4/c1-4-11(9-13(18)19)17-14(20)15(2,3)21-12-7-5-10(16)6-8-12/h5-8,11H,4,9H2,1-3H3,(H,17,20)(H,18,19). The lowest BCUT2D eigenvalue weighted by atomic mass is 10.1. The second-order valence-electron chi connectivity index (χ2n) is 5.24. The van der Waals surface area contributed by atoms with E-state index < -0.39 is 17.6 Å². The molecular weight excluding hydrogens is 294 g/mol. The highest BCUT2D eigenvalue weighted by molar-refractivity contribution is 6.30. The largest absolute Gasteiger partial charge is 0.481 e. The van der Waals surface area contributed by atoms with Gasteiger partial charge in [-0.3, -0.25) is 9.59 Å². The molecule has 0 aromatic heterocycles. The summed E-state index contributed by atoms with van der Waals surface area (Å²) in [6.45, 7) is 5.08. The first kappa shape index (κ1) is 17.3. The number of carboxylic acids is 1. The van der Waals surface area contributed by atoms with Gasteiger partial charge in [0.2, 0.25) is 0 Å². The van der Waals surface area contributed by atoms with E-state index in [-0.39, 0.29) is 12.3 Å². The molecule has 2 N–H and O–H groups in total. The van der Waals surface area contributed by atoms with Gasteiger partial charge < -0.3 is 15.2 Å². The summed E-state index contributed by atoms with van der Waals surface area (Å²) in [5.41, 5.74) is -1.11. The molecule has 0 radical (unpaired) electrons. The molecule has 5 nitrogen and oxygen atoms in total. The summed E-state index contributed by atoms with van der Waals surface area (Å²) >= 11 is 5.79. The molecule has 1 rings (SSSR count). The maximum absolute atomic E-state index is 12.2. The van der Waals surface area contributed by atoms with Gasteiger partial charge in [0.05, 0.1) is 6.42 Å². The van der Waals surface area contributed by atoms with Crippen molar-refractivity contribution in [1.82, 2.24) is 5.32 Å². The smallest absolute Gasteiger partial charge is 0.305 e. The van der Waals surface area contributed by atoms with Gasteiger partial charge in [-0.05, 0) is 44.5 Å². The van der Waals surface area contributed by atoms with E-state index in [9.17, 15) is 9.59 Å². The minimum absolute atomic E-state index is 0.112. The maximum atomic E-state index is 12.2. The number of benzene rings is 1. The molecule has 1 aromatic carbocycles. The SMILES string of the molecule is CCC(CC(=O)O)NC(=O)C(C)(C)Oc1ccc(Cl)cc1. The predicted octanol–water partition coefficient (Wildman–Crippen LogP) is 2.87. The van der Waals surface area contributed by atoms with Crippen molar-refractivity contribution >= 4 is 23.5 Å². The number of amides is 1. The number of ether oxygens (including phenoxy) is 1. The van der Waals surface area contributed by atoms with Crippen LogP contribution in [-0.2, 0) is 9.59 Å². The summed E-state index contributed by atoms with van der Waals surface area (Å²) < 4.78 is 5.65. The van der Waals surface area contributed by atoms with Crippen LogP contribution in [0.3, 0.4) is 0 Å². The van der Waals surface area contributed by atoms with Crippen molar-refractivity contribution in [3.63, 3.8) is 0 Å². The van der Waals surface area contributed by atoms with Gasteiger partial charge >= 0.3 is 5.97 Å². The number of aliphatic carboxylic acids is 1. The molecule has 1 unspecified atom stereocenters. The molecule has 0 aliphatic heterocycles. The topological polar surface area (TPSA) is 75.6 Å². The fraction of sp³-hybridized carbons (Fsp3) is 0.467. The fourth-order valence-electron chi connectivity index (χ4n) is 1.71. The number of carbonyl (C=O) groups excluding carboxylic acids is 1. The van der Waals surface area contributed by atoms with E-state index in [1.54, 1.807) is 38.1 Å². The molecular formula is C15H20ClNO4. The molecule has 0 saturated heterocycles. The van der Waals surface area contributed by atoms with Crippen LogP contribution in [0, 0.1) is 0 Å². The van der Waals surface area contributed by atoms with Crippen LogP contribution in [0.2, 0.25) is 5.02 Å². The van der Waals surface area contributed by atoms with E-state index in [2.05, 4.69) is 5.32 Å². The zero-order valence-corrected chi connectivity index (χ0v) is 13.1. The van der Waals surface area contributed by atoms with Crippen LogP contribution in [-0.4, -0.2) is 28.6 Å². The van der Waals surface area contributed by atoms with Gasteiger partial charge in [-0.2, -0.15) is 0 Å². The second kappa shape index (κ2) is 7.31. The summed E-state index contributed by atoms with van der Waals surface area (Å²) in [4.78, 5) is 23.0. The summed E-state index contributed by atoms with van der Waals surface area (Å²) in [5.74, 6) is -0.782. The highest BCUT2D eigenvalue weighted by atomic mass is 35.5. The van der Waals surface area contributed by atoms with Crippen molar-refractivity contribution in [3.8, 4) is 5.75 Å². The number of halogens is 1. The van der Waals surface area contributed by atoms with Crippen LogP contribution >= 0.6 is 11.6 Å². The van der Waals surface area contributed by atoms with Crippen molar-refractivity contribution in [1.29, 1.82) is 0 Å². The Morgan fingerprint density at radius 1 is 1.33 bits per heavy atom. The summed E-state index contributed by atoms with van der Waals surface area (Å²) in [7, 11) is 0. The van der Waals surface area contributed by atoms with E-state index in [1.165, 1.54) is 0 Å². The first-order valence-corrected chi connectivity index (χ1v) is 7.09. The monoisotopic (exact) mass is 313 g/mol. The predicted molar refractivity (Wildman–Crippen MR) is 80.6 cm³/mol. The lowest BCUT2D eigenvalue weighted by molar-refractivity contribution is -0.139. The van der Waals surface area contributed by atoms with Gasteiger partial charge in [0, 0.05) is 11.1 Å². The Balaban J connectivity index is 2.69. The highest BCUT2D eigenvalue weighted by Crippen LogP contribution is 2.21. The number of rotatable bonds is 7. The average Bonchev–Trinajstić information content (AvgIpc) is 2.39. The molecule has 6 heteroatoms. The Morgan fingerprint density at radius 3 is 2.38 bits per heavy atom. The summed E-state index contributed by atoms with van der Waals surface area (Å²) in [5, 5.41) is 12.1. The fourth-order valence-corrected chi connectivity index (χ4v) is 1.84. The van der Waals surface area contributed by atoms with Crippen LogP contribution < -0.4 is 10.1 Å². The Morgan fingerprint density at radius 2 is 1.90 bits per heavy atom. The van der Waals surface area contributed by atoms with Gasteiger partial charge in [-0.25, -0.2) is 0 Å². The quantitative estimate of drug-likeness (QED) is 0.811. The van der Waals surface area contributed by atoms with Crippen molar-refractivity contribution in [2.45, 2.75) is 45.3 Å². The molecule has 0 aliphatic carbocycles. The second-order valence-corrected chi connectivity index (χ2v) is 5.68. The molecule has 21 heavy (non-hydrogen) atoms. The normalized spacial score (nSPS) is 12.6. The first-order chi connectivity index (χ1) is 9.74. The first-order valence-electron chi connectivity index (χ1n) is 6.72. The molecule has 1 aromatic rings. The van der Waals surface area contributed by atoms with Crippen LogP contribution in [0.1, 0.15) is 33.6 Å². The Labute approximate surface area is 129 Å². The van der Waals surface area contributed by atoms with Crippen LogP contribution in [0.5, 0.6) is 5.75 Å². The van der Waals surface area contributed by atoms with Gasteiger partial charge in [0.25, 0.3) is 5.91 Å². The molecule has 1 amide bonds. The van der Waals surface area contributed by atoms with Gasteiger partial charge in [0.1, 0.15) is 5.75 Å². The van der Waals surface area contributed by atoms with Crippen molar-refractivity contribution in [3.05, 3.63) is 29.3 Å². The Kier molecular flexibility index (Phi) is 6.03. The van der Waals surface area contributed by atoms with Crippen molar-refractivity contribution in [2.24, 2.45) is 0 Å².